The highest BCUT2D eigenvalue weighted by atomic mass is 35.5. The molecule has 0 atom stereocenters. The average molecular weight is 445 g/mol. The zero-order valence-electron chi connectivity index (χ0n) is 17.0. The molecule has 2 heterocycles. The lowest BCUT2D eigenvalue weighted by Gasteiger charge is -2.32. The highest BCUT2D eigenvalue weighted by Crippen LogP contribution is 2.36. The average Bonchev–Trinajstić information content (AvgIpc) is 2.96. The first-order valence-corrected chi connectivity index (χ1v) is 10.4. The first-order chi connectivity index (χ1) is 14.9. The summed E-state index contributed by atoms with van der Waals surface area (Å²) >= 11 is 6.13. The number of halogens is 1. The van der Waals surface area contributed by atoms with E-state index in [1.807, 2.05) is 18.2 Å². The molecule has 31 heavy (non-hydrogen) atoms. The molecule has 4 rings (SSSR count). The van der Waals surface area contributed by atoms with Crippen molar-refractivity contribution in [3.63, 3.8) is 0 Å². The van der Waals surface area contributed by atoms with Gasteiger partial charge in [-0.2, -0.15) is 0 Å². The van der Waals surface area contributed by atoms with Crippen molar-refractivity contribution in [2.45, 2.75) is 19.4 Å². The molecule has 8 heteroatoms. The maximum absolute atomic E-state index is 9.55. The number of nitrogens with one attached hydrogen (secondary N) is 1. The van der Waals surface area contributed by atoms with Crippen LogP contribution in [0, 0.1) is 0 Å². The SMILES string of the molecule is Clc1cccc(CN2CCOc3cc4c(cc32)CCNCC4)c1.O=C(O)C=CC(=O)O. The van der Waals surface area contributed by atoms with Crippen molar-refractivity contribution in [2.75, 3.05) is 31.1 Å². The van der Waals surface area contributed by atoms with Crippen LogP contribution in [0.2, 0.25) is 5.02 Å². The van der Waals surface area contributed by atoms with Crippen LogP contribution in [-0.4, -0.2) is 48.4 Å². The molecule has 0 amide bonds. The molecule has 0 aliphatic carbocycles. The van der Waals surface area contributed by atoms with Crippen molar-refractivity contribution in [1.82, 2.24) is 5.32 Å². The second-order valence-corrected chi connectivity index (χ2v) is 7.68. The minimum Gasteiger partial charge on any atom is -0.490 e. The molecule has 7 nitrogen and oxygen atoms in total. The molecule has 2 aromatic rings. The van der Waals surface area contributed by atoms with E-state index in [1.54, 1.807) is 0 Å². The first-order valence-electron chi connectivity index (χ1n) is 10.0. The summed E-state index contributed by atoms with van der Waals surface area (Å²) in [6.07, 6.45) is 3.29. The highest BCUT2D eigenvalue weighted by Gasteiger charge is 2.21. The molecule has 3 N–H and O–H groups in total. The zero-order valence-corrected chi connectivity index (χ0v) is 17.8. The van der Waals surface area contributed by atoms with Crippen molar-refractivity contribution < 1.29 is 24.5 Å². The van der Waals surface area contributed by atoms with Gasteiger partial charge in [0.15, 0.2) is 0 Å². The van der Waals surface area contributed by atoms with Gasteiger partial charge in [0.25, 0.3) is 0 Å². The molecule has 2 aliphatic rings. The van der Waals surface area contributed by atoms with E-state index < -0.39 is 11.9 Å². The lowest BCUT2D eigenvalue weighted by Crippen LogP contribution is -2.32. The van der Waals surface area contributed by atoms with Gasteiger partial charge in [0.2, 0.25) is 0 Å². The molecule has 0 fully saturated rings. The van der Waals surface area contributed by atoms with Crippen LogP contribution in [0.5, 0.6) is 5.75 Å². The predicted octanol–water partition coefficient (Wildman–Crippen LogP) is 3.14. The van der Waals surface area contributed by atoms with Gasteiger partial charge in [0.05, 0.1) is 12.2 Å². The lowest BCUT2D eigenvalue weighted by molar-refractivity contribution is -0.134. The molecule has 0 radical (unpaired) electrons. The number of hydrogen-bond acceptors (Lipinski definition) is 5. The third kappa shape index (κ3) is 6.73. The maximum atomic E-state index is 9.55. The van der Waals surface area contributed by atoms with E-state index in [1.165, 1.54) is 22.4 Å². The number of carboxylic acid groups (broad SMARTS) is 2. The van der Waals surface area contributed by atoms with Crippen molar-refractivity contribution in [2.24, 2.45) is 0 Å². The van der Waals surface area contributed by atoms with Crippen LogP contribution >= 0.6 is 11.6 Å². The van der Waals surface area contributed by atoms with Crippen LogP contribution in [0.3, 0.4) is 0 Å². The van der Waals surface area contributed by atoms with E-state index in [2.05, 4.69) is 28.4 Å². The van der Waals surface area contributed by atoms with Gasteiger partial charge in [-0.1, -0.05) is 23.7 Å². The van der Waals surface area contributed by atoms with Crippen molar-refractivity contribution in [3.05, 3.63) is 70.3 Å². The fraction of sp³-hybridized carbons (Fsp3) is 0.304. The summed E-state index contributed by atoms with van der Waals surface area (Å²) in [7, 11) is 0. The minimum absolute atomic E-state index is 0.558. The van der Waals surface area contributed by atoms with E-state index in [-0.39, 0.29) is 0 Å². The summed E-state index contributed by atoms with van der Waals surface area (Å²) in [5.41, 5.74) is 5.34. The Morgan fingerprint density at radius 2 is 1.74 bits per heavy atom. The van der Waals surface area contributed by atoms with Crippen LogP contribution in [0.15, 0.2) is 48.6 Å². The Balaban J connectivity index is 0.000000293. The number of ether oxygens (including phenoxy) is 1. The van der Waals surface area contributed by atoms with Crippen molar-refractivity contribution >= 4 is 29.2 Å². The second kappa shape index (κ2) is 10.8. The molecule has 0 aromatic heterocycles. The number of aliphatic carboxylic acids is 2. The number of benzene rings is 2. The van der Waals surface area contributed by atoms with Gasteiger partial charge in [0, 0.05) is 23.7 Å². The molecule has 164 valence electrons. The summed E-state index contributed by atoms with van der Waals surface area (Å²) in [6, 6.07) is 12.7. The largest absolute Gasteiger partial charge is 0.490 e. The fourth-order valence-corrected chi connectivity index (χ4v) is 3.81. The van der Waals surface area contributed by atoms with Gasteiger partial charge in [0.1, 0.15) is 12.4 Å². The number of rotatable bonds is 4. The van der Waals surface area contributed by atoms with E-state index in [9.17, 15) is 9.59 Å². The van der Waals surface area contributed by atoms with E-state index in [0.29, 0.717) is 12.2 Å². The molecule has 0 saturated carbocycles. The molecule has 2 aromatic carbocycles. The van der Waals surface area contributed by atoms with Crippen LogP contribution in [0.25, 0.3) is 0 Å². The lowest BCUT2D eigenvalue weighted by atomic mass is 10.00. The molecule has 0 saturated heterocycles. The van der Waals surface area contributed by atoms with E-state index in [4.69, 9.17) is 26.6 Å². The third-order valence-corrected chi connectivity index (χ3v) is 5.25. The predicted molar refractivity (Wildman–Crippen MR) is 119 cm³/mol. The molecular formula is C23H25ClN2O5. The van der Waals surface area contributed by atoms with Crippen molar-refractivity contribution in [3.8, 4) is 5.75 Å². The monoisotopic (exact) mass is 444 g/mol. The third-order valence-electron chi connectivity index (χ3n) is 5.01. The number of fused-ring (bicyclic) bond motifs is 2. The summed E-state index contributed by atoms with van der Waals surface area (Å²) in [4.78, 5) is 21.5. The van der Waals surface area contributed by atoms with E-state index in [0.717, 1.165) is 56.4 Å². The minimum atomic E-state index is -1.26. The number of carbonyl (C=O) groups is 2. The van der Waals surface area contributed by atoms with E-state index >= 15 is 0 Å². The summed E-state index contributed by atoms with van der Waals surface area (Å²) in [6.45, 7) is 4.63. The summed E-state index contributed by atoms with van der Waals surface area (Å²) < 4.78 is 5.93. The standard InChI is InChI=1S/C19H21ClN2O.C4H4O4/c20-17-3-1-2-14(10-17)13-22-8-9-23-19-12-16-5-7-21-6-4-15(16)11-18(19)22;5-3(6)1-2-4(7)8/h1-3,10-12,21H,4-9,13H2;1-2H,(H,5,6)(H,7,8). The van der Waals surface area contributed by atoms with Crippen LogP contribution in [-0.2, 0) is 29.0 Å². The summed E-state index contributed by atoms with van der Waals surface area (Å²) in [5, 5.41) is 19.9. The van der Waals surface area contributed by atoms with Crippen LogP contribution in [0.1, 0.15) is 16.7 Å². The number of nitrogens with zero attached hydrogens (tertiary/aromatic N) is 1. The second-order valence-electron chi connectivity index (χ2n) is 7.25. The van der Waals surface area contributed by atoms with Crippen LogP contribution in [0.4, 0.5) is 5.69 Å². The Hall–Kier alpha value is -3.03. The number of anilines is 1. The van der Waals surface area contributed by atoms with Gasteiger partial charge in [-0.05, 0) is 66.9 Å². The fourth-order valence-electron chi connectivity index (χ4n) is 3.60. The molecule has 0 spiro atoms. The van der Waals surface area contributed by atoms with Crippen molar-refractivity contribution in [1.29, 1.82) is 0 Å². The smallest absolute Gasteiger partial charge is 0.328 e. The van der Waals surface area contributed by atoms with Gasteiger partial charge < -0.3 is 25.2 Å². The molecule has 0 bridgehead atoms. The Bertz CT molecular complexity index is 960. The number of carboxylic acids is 2. The first kappa shape index (κ1) is 22.7. The summed E-state index contributed by atoms with van der Waals surface area (Å²) in [5.74, 6) is -1.49. The van der Waals surface area contributed by atoms with Gasteiger partial charge in [-0.3, -0.25) is 0 Å². The quantitative estimate of drug-likeness (QED) is 0.623. The Labute approximate surface area is 185 Å². The maximum Gasteiger partial charge on any atom is 0.328 e. The zero-order chi connectivity index (χ0) is 22.2. The molecular weight excluding hydrogens is 420 g/mol. The topological polar surface area (TPSA) is 99.1 Å². The highest BCUT2D eigenvalue weighted by molar-refractivity contribution is 6.30. The molecule has 0 unspecified atom stereocenters. The van der Waals surface area contributed by atoms with Gasteiger partial charge in [-0.25, -0.2) is 9.59 Å². The number of hydrogen-bond donors (Lipinski definition) is 3. The molecule has 2 aliphatic heterocycles. The Morgan fingerprint density at radius 1 is 1.06 bits per heavy atom. The van der Waals surface area contributed by atoms with Gasteiger partial charge >= 0.3 is 11.9 Å². The van der Waals surface area contributed by atoms with Crippen LogP contribution < -0.4 is 15.0 Å². The Kier molecular flexibility index (Phi) is 7.92. The normalized spacial score (nSPS) is 15.1. The van der Waals surface area contributed by atoms with Gasteiger partial charge in [-0.15, -0.1) is 0 Å². The Morgan fingerprint density at radius 3 is 2.39 bits per heavy atom.